The molecule has 1 heterocycles. The van der Waals surface area contributed by atoms with Gasteiger partial charge in [0.25, 0.3) is 0 Å². The molecule has 0 radical (unpaired) electrons. The predicted octanol–water partition coefficient (Wildman–Crippen LogP) is 4.46. The van der Waals surface area contributed by atoms with Crippen molar-refractivity contribution in [1.82, 2.24) is 4.98 Å². The summed E-state index contributed by atoms with van der Waals surface area (Å²) in [6.07, 6.45) is 4.65. The van der Waals surface area contributed by atoms with Crippen LogP contribution >= 0.6 is 0 Å². The highest BCUT2D eigenvalue weighted by molar-refractivity contribution is 5.37. The van der Waals surface area contributed by atoms with Crippen LogP contribution in [0.3, 0.4) is 0 Å². The summed E-state index contributed by atoms with van der Waals surface area (Å²) in [5.74, 6) is 0.680. The molecule has 0 fully saturated rings. The zero-order valence-electron chi connectivity index (χ0n) is 12.1. The van der Waals surface area contributed by atoms with Crippen LogP contribution in [0.1, 0.15) is 70.7 Å². The maximum Gasteiger partial charge on any atom is 0.0459 e. The monoisotopic (exact) mass is 231 g/mol. The molecule has 0 amide bonds. The van der Waals surface area contributed by atoms with E-state index in [1.807, 2.05) is 0 Å². The minimum atomic E-state index is 0.162. The van der Waals surface area contributed by atoms with Crippen LogP contribution in [0.4, 0.5) is 0 Å². The second-order valence-corrected chi connectivity index (χ2v) is 7.48. The zero-order chi connectivity index (χ0) is 12.8. The van der Waals surface area contributed by atoms with Gasteiger partial charge in [-0.05, 0) is 41.4 Å². The molecule has 0 aromatic carbocycles. The first kappa shape index (κ1) is 12.6. The summed E-state index contributed by atoms with van der Waals surface area (Å²) in [6.45, 7) is 13.7. The van der Waals surface area contributed by atoms with Gasteiger partial charge in [0.2, 0.25) is 0 Å². The molecule has 1 nitrogen and oxygen atoms in total. The zero-order valence-corrected chi connectivity index (χ0v) is 12.1. The Balaban J connectivity index is 2.39. The Morgan fingerprint density at radius 2 is 1.76 bits per heavy atom. The van der Waals surface area contributed by atoms with E-state index in [4.69, 9.17) is 0 Å². The fraction of sp³-hybridized carbons (Fsp3) is 0.688. The molecular formula is C16H25N. The molecule has 2 rings (SSSR count). The lowest BCUT2D eigenvalue weighted by atomic mass is 9.77. The molecule has 0 bridgehead atoms. The standard InChI is InChI=1S/C16H25N/c1-15(2,3)13-8-7-11-9-14(16(4,5)6)17-10-12(11)13/h9-10,13H,7-8H2,1-6H3. The SMILES string of the molecule is CC(C)(C)c1cc2c(cn1)C(C(C)(C)C)CC2. The molecule has 0 N–H and O–H groups in total. The number of pyridine rings is 1. The first-order chi connectivity index (χ1) is 7.69. The molecule has 1 aromatic heterocycles. The van der Waals surface area contributed by atoms with Crippen molar-refractivity contribution >= 4 is 0 Å². The Hall–Kier alpha value is -0.850. The van der Waals surface area contributed by atoms with Gasteiger partial charge in [0.05, 0.1) is 0 Å². The Morgan fingerprint density at radius 1 is 1.12 bits per heavy atom. The van der Waals surface area contributed by atoms with Crippen LogP contribution in [0.5, 0.6) is 0 Å². The topological polar surface area (TPSA) is 12.9 Å². The Labute approximate surface area is 106 Å². The molecule has 0 saturated carbocycles. The smallest absolute Gasteiger partial charge is 0.0459 e. The molecule has 0 aliphatic heterocycles. The summed E-state index contributed by atoms with van der Waals surface area (Å²) in [4.78, 5) is 4.69. The van der Waals surface area contributed by atoms with E-state index in [1.165, 1.54) is 29.7 Å². The first-order valence-electron chi connectivity index (χ1n) is 6.69. The summed E-state index contributed by atoms with van der Waals surface area (Å²) in [5, 5.41) is 0. The van der Waals surface area contributed by atoms with Gasteiger partial charge >= 0.3 is 0 Å². The summed E-state index contributed by atoms with van der Waals surface area (Å²) < 4.78 is 0. The average Bonchev–Trinajstić information content (AvgIpc) is 2.57. The summed E-state index contributed by atoms with van der Waals surface area (Å²) >= 11 is 0. The van der Waals surface area contributed by atoms with Gasteiger partial charge in [0.15, 0.2) is 0 Å². The maximum absolute atomic E-state index is 4.69. The normalized spacial score (nSPS) is 20.5. The molecule has 0 spiro atoms. The van der Waals surface area contributed by atoms with Crippen LogP contribution in [0.15, 0.2) is 12.3 Å². The van der Waals surface area contributed by atoms with Gasteiger partial charge in [-0.3, -0.25) is 4.98 Å². The van der Waals surface area contributed by atoms with Crippen molar-refractivity contribution < 1.29 is 0 Å². The summed E-state index contributed by atoms with van der Waals surface area (Å²) in [5.41, 5.74) is 4.77. The van der Waals surface area contributed by atoms with Gasteiger partial charge in [-0.2, -0.15) is 0 Å². The van der Waals surface area contributed by atoms with Crippen molar-refractivity contribution in [3.05, 3.63) is 29.1 Å². The van der Waals surface area contributed by atoms with Crippen LogP contribution < -0.4 is 0 Å². The van der Waals surface area contributed by atoms with Gasteiger partial charge < -0.3 is 0 Å². The largest absolute Gasteiger partial charge is 0.260 e. The second-order valence-electron chi connectivity index (χ2n) is 7.48. The fourth-order valence-electron chi connectivity index (χ4n) is 2.80. The van der Waals surface area contributed by atoms with Crippen molar-refractivity contribution in [1.29, 1.82) is 0 Å². The third-order valence-electron chi connectivity index (χ3n) is 3.92. The number of nitrogens with zero attached hydrogens (tertiary/aromatic N) is 1. The van der Waals surface area contributed by atoms with E-state index in [9.17, 15) is 0 Å². The van der Waals surface area contributed by atoms with Crippen molar-refractivity contribution in [2.75, 3.05) is 0 Å². The highest BCUT2D eigenvalue weighted by atomic mass is 14.7. The van der Waals surface area contributed by atoms with Gasteiger partial charge in [-0.25, -0.2) is 0 Å². The lowest BCUT2D eigenvalue weighted by Gasteiger charge is -2.28. The average molecular weight is 231 g/mol. The van der Waals surface area contributed by atoms with Crippen LogP contribution in [0.25, 0.3) is 0 Å². The van der Waals surface area contributed by atoms with Crippen LogP contribution in [0, 0.1) is 5.41 Å². The Bertz CT molecular complexity index is 418. The van der Waals surface area contributed by atoms with Gasteiger partial charge in [-0.15, -0.1) is 0 Å². The Morgan fingerprint density at radius 3 is 2.29 bits per heavy atom. The number of hydrogen-bond donors (Lipinski definition) is 0. The van der Waals surface area contributed by atoms with E-state index in [0.29, 0.717) is 11.3 Å². The number of fused-ring (bicyclic) bond motifs is 1. The second kappa shape index (κ2) is 3.83. The van der Waals surface area contributed by atoms with E-state index in [1.54, 1.807) is 0 Å². The van der Waals surface area contributed by atoms with Crippen molar-refractivity contribution in [2.24, 2.45) is 5.41 Å². The summed E-state index contributed by atoms with van der Waals surface area (Å²) in [6, 6.07) is 2.33. The minimum Gasteiger partial charge on any atom is -0.260 e. The number of hydrogen-bond acceptors (Lipinski definition) is 1. The quantitative estimate of drug-likeness (QED) is 0.642. The number of aromatic nitrogens is 1. The Kier molecular flexibility index (Phi) is 2.84. The lowest BCUT2D eigenvalue weighted by molar-refractivity contribution is 0.318. The van der Waals surface area contributed by atoms with E-state index < -0.39 is 0 Å². The molecule has 0 saturated heterocycles. The molecule has 1 unspecified atom stereocenters. The van der Waals surface area contributed by atoms with Crippen molar-refractivity contribution in [3.63, 3.8) is 0 Å². The molecular weight excluding hydrogens is 206 g/mol. The molecule has 1 aliphatic rings. The van der Waals surface area contributed by atoms with Crippen LogP contribution in [-0.2, 0) is 11.8 Å². The third kappa shape index (κ3) is 2.38. The van der Waals surface area contributed by atoms with Crippen LogP contribution in [-0.4, -0.2) is 4.98 Å². The third-order valence-corrected chi connectivity index (χ3v) is 3.92. The fourth-order valence-corrected chi connectivity index (χ4v) is 2.80. The number of rotatable bonds is 0. The predicted molar refractivity (Wildman–Crippen MR) is 73.5 cm³/mol. The molecule has 17 heavy (non-hydrogen) atoms. The van der Waals surface area contributed by atoms with Crippen molar-refractivity contribution in [3.8, 4) is 0 Å². The van der Waals surface area contributed by atoms with Gasteiger partial charge in [0, 0.05) is 17.3 Å². The molecule has 1 atom stereocenters. The highest BCUT2D eigenvalue weighted by Gasteiger charge is 2.33. The van der Waals surface area contributed by atoms with Crippen molar-refractivity contribution in [2.45, 2.75) is 65.7 Å². The molecule has 1 heteroatoms. The van der Waals surface area contributed by atoms with E-state index in [-0.39, 0.29) is 5.41 Å². The molecule has 1 aromatic rings. The summed E-state index contributed by atoms with van der Waals surface area (Å²) in [7, 11) is 0. The van der Waals surface area contributed by atoms with Gasteiger partial charge in [-0.1, -0.05) is 41.5 Å². The molecule has 94 valence electrons. The van der Waals surface area contributed by atoms with E-state index in [2.05, 4.69) is 58.8 Å². The lowest BCUT2D eigenvalue weighted by Crippen LogP contribution is -2.17. The minimum absolute atomic E-state index is 0.162. The van der Waals surface area contributed by atoms with E-state index >= 15 is 0 Å². The highest BCUT2D eigenvalue weighted by Crippen LogP contribution is 2.45. The molecule has 1 aliphatic carbocycles. The first-order valence-corrected chi connectivity index (χ1v) is 6.69. The number of aryl methyl sites for hydroxylation is 1. The van der Waals surface area contributed by atoms with E-state index in [0.717, 1.165) is 0 Å². The maximum atomic E-state index is 4.69. The van der Waals surface area contributed by atoms with Gasteiger partial charge in [0.1, 0.15) is 0 Å². The van der Waals surface area contributed by atoms with Crippen LogP contribution in [0.2, 0.25) is 0 Å².